The molecule has 0 radical (unpaired) electrons. The molecule has 0 aliphatic heterocycles. The molecule has 2 nitrogen and oxygen atoms in total. The highest BCUT2D eigenvalue weighted by Gasteiger charge is 1.98. The number of thiazole rings is 1. The van der Waals surface area contributed by atoms with Crippen molar-refractivity contribution in [3.63, 3.8) is 0 Å². The van der Waals surface area contributed by atoms with Gasteiger partial charge in [-0.25, -0.2) is 9.97 Å². The summed E-state index contributed by atoms with van der Waals surface area (Å²) in [6.45, 7) is 0. The summed E-state index contributed by atoms with van der Waals surface area (Å²) < 4.78 is 0. The molecule has 2 rings (SSSR count). The van der Waals surface area contributed by atoms with Crippen molar-refractivity contribution in [1.29, 1.82) is 0 Å². The molecule has 0 saturated carbocycles. The molecule has 60 valence electrons. The predicted octanol–water partition coefficient (Wildman–Crippen LogP) is 2.86. The van der Waals surface area contributed by atoms with Gasteiger partial charge >= 0.3 is 0 Å². The lowest BCUT2D eigenvalue weighted by Gasteiger charge is -1.94. The van der Waals surface area contributed by atoms with Gasteiger partial charge in [-0.1, -0.05) is 11.6 Å². The van der Waals surface area contributed by atoms with Crippen LogP contribution in [0.2, 0.25) is 5.15 Å². The van der Waals surface area contributed by atoms with Crippen LogP contribution in [0.5, 0.6) is 0 Å². The number of rotatable bonds is 1. The molecule has 0 aliphatic rings. The van der Waals surface area contributed by atoms with E-state index in [9.17, 15) is 0 Å². The van der Waals surface area contributed by atoms with E-state index in [0.29, 0.717) is 5.15 Å². The highest BCUT2D eigenvalue weighted by atomic mass is 35.5. The number of halogens is 1. The van der Waals surface area contributed by atoms with Crippen molar-refractivity contribution in [3.8, 4) is 11.3 Å². The van der Waals surface area contributed by atoms with E-state index in [1.165, 1.54) is 0 Å². The van der Waals surface area contributed by atoms with E-state index in [1.54, 1.807) is 29.1 Å². The first-order chi connectivity index (χ1) is 5.86. The maximum atomic E-state index is 5.64. The van der Waals surface area contributed by atoms with Crippen molar-refractivity contribution in [3.05, 3.63) is 34.4 Å². The SMILES string of the molecule is Clc1ccc(-c2cscn2)cn1. The van der Waals surface area contributed by atoms with Gasteiger partial charge in [0.25, 0.3) is 0 Å². The molecule has 12 heavy (non-hydrogen) atoms. The average Bonchev–Trinajstić information content (AvgIpc) is 2.58. The lowest BCUT2D eigenvalue weighted by atomic mass is 10.2. The van der Waals surface area contributed by atoms with Gasteiger partial charge in [-0.05, 0) is 12.1 Å². The number of nitrogens with zero attached hydrogens (tertiary/aromatic N) is 2. The molecule has 0 aliphatic carbocycles. The van der Waals surface area contributed by atoms with Gasteiger partial charge in [0.05, 0.1) is 11.2 Å². The van der Waals surface area contributed by atoms with E-state index in [2.05, 4.69) is 9.97 Å². The highest BCUT2D eigenvalue weighted by Crippen LogP contribution is 2.18. The van der Waals surface area contributed by atoms with Crippen molar-refractivity contribution in [2.75, 3.05) is 0 Å². The number of aromatic nitrogens is 2. The van der Waals surface area contributed by atoms with Crippen molar-refractivity contribution in [2.24, 2.45) is 0 Å². The molecule has 0 N–H and O–H groups in total. The quantitative estimate of drug-likeness (QED) is 0.656. The van der Waals surface area contributed by atoms with Gasteiger partial charge in [0, 0.05) is 17.1 Å². The van der Waals surface area contributed by atoms with Gasteiger partial charge in [0.1, 0.15) is 5.15 Å². The van der Waals surface area contributed by atoms with Gasteiger partial charge in [-0.3, -0.25) is 0 Å². The van der Waals surface area contributed by atoms with Crippen LogP contribution in [0, 0.1) is 0 Å². The molecule has 2 aromatic rings. The van der Waals surface area contributed by atoms with E-state index in [4.69, 9.17) is 11.6 Å². The molecule has 2 heterocycles. The summed E-state index contributed by atoms with van der Waals surface area (Å²) in [5.41, 5.74) is 3.74. The van der Waals surface area contributed by atoms with Gasteiger partial charge in [0.2, 0.25) is 0 Å². The first-order valence-corrected chi connectivity index (χ1v) is 4.68. The second kappa shape index (κ2) is 3.21. The number of hydrogen-bond acceptors (Lipinski definition) is 3. The molecular weight excluding hydrogens is 192 g/mol. The van der Waals surface area contributed by atoms with Gasteiger partial charge in [0.15, 0.2) is 0 Å². The monoisotopic (exact) mass is 196 g/mol. The Labute approximate surface area is 78.9 Å². The van der Waals surface area contributed by atoms with Crippen molar-refractivity contribution in [2.45, 2.75) is 0 Å². The predicted molar refractivity (Wildman–Crippen MR) is 50.4 cm³/mol. The standard InChI is InChI=1S/C8H5ClN2S/c9-8-2-1-6(3-10-8)7-4-12-5-11-7/h1-5H. The smallest absolute Gasteiger partial charge is 0.129 e. The zero-order valence-electron chi connectivity index (χ0n) is 6.07. The Morgan fingerprint density at radius 2 is 2.17 bits per heavy atom. The molecule has 0 fully saturated rings. The Hall–Kier alpha value is -0.930. The van der Waals surface area contributed by atoms with Gasteiger partial charge < -0.3 is 0 Å². The van der Waals surface area contributed by atoms with Crippen molar-refractivity contribution in [1.82, 2.24) is 9.97 Å². The van der Waals surface area contributed by atoms with Crippen LogP contribution in [0.15, 0.2) is 29.2 Å². The lowest BCUT2D eigenvalue weighted by molar-refractivity contribution is 1.31. The minimum atomic E-state index is 0.508. The number of hydrogen-bond donors (Lipinski definition) is 0. The second-order valence-corrected chi connectivity index (χ2v) is 3.35. The van der Waals surface area contributed by atoms with Crippen LogP contribution in [0.3, 0.4) is 0 Å². The molecule has 0 atom stereocenters. The fourth-order valence-electron chi connectivity index (χ4n) is 0.882. The maximum Gasteiger partial charge on any atom is 0.129 e. The Bertz CT molecular complexity index is 355. The van der Waals surface area contributed by atoms with E-state index in [1.807, 2.05) is 11.4 Å². The zero-order valence-corrected chi connectivity index (χ0v) is 7.64. The first kappa shape index (κ1) is 7.71. The Kier molecular flexibility index (Phi) is 2.06. The molecule has 0 aromatic carbocycles. The van der Waals surface area contributed by atoms with Crippen molar-refractivity contribution < 1.29 is 0 Å². The van der Waals surface area contributed by atoms with E-state index < -0.39 is 0 Å². The molecule has 0 amide bonds. The zero-order chi connectivity index (χ0) is 8.39. The van der Waals surface area contributed by atoms with Crippen LogP contribution in [0.25, 0.3) is 11.3 Å². The average molecular weight is 197 g/mol. The van der Waals surface area contributed by atoms with Crippen LogP contribution in [0.4, 0.5) is 0 Å². The molecule has 0 spiro atoms. The number of pyridine rings is 1. The third-order valence-corrected chi connectivity index (χ3v) is 2.27. The summed E-state index contributed by atoms with van der Waals surface area (Å²) in [5, 5.41) is 2.49. The van der Waals surface area contributed by atoms with Crippen LogP contribution in [-0.2, 0) is 0 Å². The third-order valence-electron chi connectivity index (χ3n) is 1.46. The van der Waals surface area contributed by atoms with Crippen LogP contribution in [0.1, 0.15) is 0 Å². The molecule has 4 heteroatoms. The van der Waals surface area contributed by atoms with Crippen LogP contribution < -0.4 is 0 Å². The van der Waals surface area contributed by atoms with E-state index >= 15 is 0 Å². The Balaban J connectivity index is 2.43. The molecule has 0 unspecified atom stereocenters. The molecule has 2 aromatic heterocycles. The second-order valence-electron chi connectivity index (χ2n) is 2.24. The summed E-state index contributed by atoms with van der Waals surface area (Å²) in [6, 6.07) is 3.67. The molecular formula is C8H5ClN2S. The normalized spacial score (nSPS) is 10.1. The first-order valence-electron chi connectivity index (χ1n) is 3.36. The fraction of sp³-hybridized carbons (Fsp3) is 0. The van der Waals surface area contributed by atoms with Gasteiger partial charge in [-0.2, -0.15) is 0 Å². The summed E-state index contributed by atoms with van der Waals surface area (Å²) in [7, 11) is 0. The lowest BCUT2D eigenvalue weighted by Crippen LogP contribution is -1.78. The maximum absolute atomic E-state index is 5.64. The topological polar surface area (TPSA) is 25.8 Å². The van der Waals surface area contributed by atoms with Gasteiger partial charge in [-0.15, -0.1) is 11.3 Å². The summed E-state index contributed by atoms with van der Waals surface area (Å²) >= 11 is 7.21. The molecule has 0 saturated heterocycles. The summed E-state index contributed by atoms with van der Waals surface area (Å²) in [5.74, 6) is 0. The fourth-order valence-corrected chi connectivity index (χ4v) is 1.56. The van der Waals surface area contributed by atoms with Crippen molar-refractivity contribution >= 4 is 22.9 Å². The Morgan fingerprint density at radius 3 is 2.75 bits per heavy atom. The highest BCUT2D eigenvalue weighted by molar-refractivity contribution is 7.07. The third kappa shape index (κ3) is 1.47. The summed E-state index contributed by atoms with van der Waals surface area (Å²) in [6.07, 6.45) is 1.72. The van der Waals surface area contributed by atoms with E-state index in [0.717, 1.165) is 11.3 Å². The van der Waals surface area contributed by atoms with Crippen LogP contribution in [-0.4, -0.2) is 9.97 Å². The largest absolute Gasteiger partial charge is 0.245 e. The summed E-state index contributed by atoms with van der Waals surface area (Å²) in [4.78, 5) is 8.12. The van der Waals surface area contributed by atoms with Crippen LogP contribution >= 0.6 is 22.9 Å². The van der Waals surface area contributed by atoms with E-state index in [-0.39, 0.29) is 0 Å². The molecule has 0 bridgehead atoms. The Morgan fingerprint density at radius 1 is 1.25 bits per heavy atom. The minimum absolute atomic E-state index is 0.508. The minimum Gasteiger partial charge on any atom is -0.245 e.